The summed E-state index contributed by atoms with van der Waals surface area (Å²) < 4.78 is 2.01. The highest BCUT2D eigenvalue weighted by atomic mass is 32.2. The van der Waals surface area contributed by atoms with E-state index in [0.29, 0.717) is 11.3 Å². The molecule has 0 radical (unpaired) electrons. The molecular weight excluding hydrogens is 528 g/mol. The molecule has 5 rings (SSSR count). The van der Waals surface area contributed by atoms with E-state index in [9.17, 15) is 24.5 Å². The van der Waals surface area contributed by atoms with E-state index < -0.39 is 22.8 Å². The highest BCUT2D eigenvalue weighted by molar-refractivity contribution is 7.99. The van der Waals surface area contributed by atoms with Gasteiger partial charge in [-0.25, -0.2) is 9.69 Å². The van der Waals surface area contributed by atoms with Gasteiger partial charge in [-0.3, -0.25) is 25.0 Å². The van der Waals surface area contributed by atoms with Crippen molar-refractivity contribution < 1.29 is 19.3 Å². The Morgan fingerprint density at radius 1 is 0.825 bits per heavy atom. The predicted octanol–water partition coefficient (Wildman–Crippen LogP) is 6.13. The van der Waals surface area contributed by atoms with E-state index in [-0.39, 0.29) is 11.3 Å². The number of barbiturate groups is 1. The summed E-state index contributed by atoms with van der Waals surface area (Å²) in [4.78, 5) is 51.7. The number of benzene rings is 3. The lowest BCUT2D eigenvalue weighted by Crippen LogP contribution is -2.54. The van der Waals surface area contributed by atoms with Gasteiger partial charge in [0.1, 0.15) is 5.57 Å². The summed E-state index contributed by atoms with van der Waals surface area (Å²) in [5, 5.41) is 13.1. The van der Waals surface area contributed by atoms with Crippen LogP contribution in [0.4, 0.5) is 16.2 Å². The number of nitro groups is 1. The first-order valence-electron chi connectivity index (χ1n) is 12.3. The van der Waals surface area contributed by atoms with Crippen molar-refractivity contribution >= 4 is 47.1 Å². The summed E-state index contributed by atoms with van der Waals surface area (Å²) in [5.74, 6) is -1.43. The minimum atomic E-state index is -0.784. The van der Waals surface area contributed by atoms with Gasteiger partial charge in [0.05, 0.1) is 10.6 Å². The van der Waals surface area contributed by atoms with Crippen LogP contribution in [0, 0.1) is 30.9 Å². The lowest BCUT2D eigenvalue weighted by Gasteiger charge is -2.26. The summed E-state index contributed by atoms with van der Waals surface area (Å²) in [6, 6.07) is 22.2. The van der Waals surface area contributed by atoms with E-state index in [1.165, 1.54) is 30.0 Å². The van der Waals surface area contributed by atoms with Crippen LogP contribution >= 0.6 is 11.8 Å². The van der Waals surface area contributed by atoms with Crippen LogP contribution in [0.3, 0.4) is 0 Å². The number of hydrogen-bond donors (Lipinski definition) is 1. The first kappa shape index (κ1) is 26.6. The van der Waals surface area contributed by atoms with Gasteiger partial charge in [0.15, 0.2) is 0 Å². The predicted molar refractivity (Wildman–Crippen MR) is 153 cm³/mol. The van der Waals surface area contributed by atoms with Gasteiger partial charge in [0.25, 0.3) is 17.5 Å². The number of amides is 4. The largest absolute Gasteiger partial charge is 0.335 e. The Morgan fingerprint density at radius 2 is 1.40 bits per heavy atom. The van der Waals surface area contributed by atoms with Gasteiger partial charge in [-0.05, 0) is 87.0 Å². The molecule has 200 valence electrons. The quantitative estimate of drug-likeness (QED) is 0.133. The number of aromatic nitrogens is 1. The van der Waals surface area contributed by atoms with Gasteiger partial charge in [0.2, 0.25) is 0 Å². The highest BCUT2D eigenvalue weighted by Gasteiger charge is 2.37. The Labute approximate surface area is 234 Å². The number of carbonyl (C=O) groups excluding carboxylic acids is 3. The van der Waals surface area contributed by atoms with E-state index in [4.69, 9.17) is 0 Å². The normalized spacial score (nSPS) is 14.5. The van der Waals surface area contributed by atoms with Gasteiger partial charge >= 0.3 is 6.03 Å². The molecule has 0 saturated carbocycles. The molecule has 1 fully saturated rings. The van der Waals surface area contributed by atoms with E-state index in [1.54, 1.807) is 36.4 Å². The second kappa shape index (κ2) is 10.7. The Morgan fingerprint density at radius 3 is 2.00 bits per heavy atom. The second-order valence-corrected chi connectivity index (χ2v) is 10.4. The lowest BCUT2D eigenvalue weighted by molar-refractivity contribution is -0.384. The van der Waals surface area contributed by atoms with E-state index in [0.717, 1.165) is 37.3 Å². The molecule has 1 aliphatic heterocycles. The van der Waals surface area contributed by atoms with Crippen LogP contribution in [0.1, 0.15) is 22.5 Å². The van der Waals surface area contributed by atoms with Crippen molar-refractivity contribution in [2.45, 2.75) is 30.6 Å². The highest BCUT2D eigenvalue weighted by Crippen LogP contribution is 2.31. The zero-order valence-electron chi connectivity index (χ0n) is 21.9. The Hall–Kier alpha value is -4.96. The number of aryl methyl sites for hydroxylation is 2. The smallest absolute Gasteiger partial charge is 0.318 e. The zero-order chi connectivity index (χ0) is 28.6. The Balaban J connectivity index is 1.41. The minimum absolute atomic E-state index is 0.0471. The molecule has 2 heterocycles. The molecule has 0 atom stereocenters. The molecule has 40 heavy (non-hydrogen) atoms. The van der Waals surface area contributed by atoms with Crippen molar-refractivity contribution in [1.29, 1.82) is 0 Å². The van der Waals surface area contributed by atoms with Gasteiger partial charge in [-0.1, -0.05) is 29.5 Å². The van der Waals surface area contributed by atoms with Crippen molar-refractivity contribution in [2.75, 3.05) is 4.90 Å². The third-order valence-electron chi connectivity index (χ3n) is 6.54. The first-order chi connectivity index (χ1) is 19.1. The van der Waals surface area contributed by atoms with Crippen LogP contribution in [-0.2, 0) is 9.59 Å². The average molecular weight is 553 g/mol. The van der Waals surface area contributed by atoms with Gasteiger partial charge in [0, 0.05) is 39.0 Å². The summed E-state index contributed by atoms with van der Waals surface area (Å²) in [6.45, 7) is 5.73. The SMILES string of the molecule is Cc1ccc(N2C(=O)NC(=O)/C(=C\c3cc(C)n(-c4ccc(Sc5ccc([N+](=O)[O-])cc5)cc4)c3C)C2=O)cc1. The van der Waals surface area contributed by atoms with Gasteiger partial charge in [-0.15, -0.1) is 0 Å². The number of nitro benzene ring substituents is 1. The number of non-ortho nitro benzene ring substituents is 1. The van der Waals surface area contributed by atoms with Crippen molar-refractivity contribution in [3.8, 4) is 5.69 Å². The number of urea groups is 1. The third-order valence-corrected chi connectivity index (χ3v) is 7.56. The van der Waals surface area contributed by atoms with Crippen LogP contribution in [0.2, 0.25) is 0 Å². The fourth-order valence-corrected chi connectivity index (χ4v) is 5.32. The summed E-state index contributed by atoms with van der Waals surface area (Å²) in [6.07, 6.45) is 1.52. The van der Waals surface area contributed by atoms with Crippen molar-refractivity contribution in [3.63, 3.8) is 0 Å². The number of nitrogens with zero attached hydrogens (tertiary/aromatic N) is 3. The molecule has 0 bridgehead atoms. The molecule has 1 aromatic heterocycles. The molecule has 10 heteroatoms. The van der Waals surface area contributed by atoms with Gasteiger partial charge in [-0.2, -0.15) is 0 Å². The molecule has 9 nitrogen and oxygen atoms in total. The van der Waals surface area contributed by atoms with Crippen molar-refractivity contribution in [3.05, 3.63) is 117 Å². The van der Waals surface area contributed by atoms with Crippen LogP contribution in [0.25, 0.3) is 11.8 Å². The fraction of sp³-hybridized carbons (Fsp3) is 0.100. The van der Waals surface area contributed by atoms with Crippen molar-refractivity contribution in [2.24, 2.45) is 0 Å². The molecule has 4 amide bonds. The molecule has 1 N–H and O–H groups in total. The molecular formula is C30H24N4O5S. The number of carbonyl (C=O) groups is 3. The number of nitrogens with one attached hydrogen (secondary N) is 1. The molecule has 0 unspecified atom stereocenters. The number of rotatable bonds is 6. The summed E-state index contributed by atoms with van der Waals surface area (Å²) in [5.41, 5.74) is 4.56. The van der Waals surface area contributed by atoms with Crippen LogP contribution in [0.5, 0.6) is 0 Å². The first-order valence-corrected chi connectivity index (χ1v) is 13.1. The van der Waals surface area contributed by atoms with E-state index in [1.807, 2.05) is 55.7 Å². The van der Waals surface area contributed by atoms with Gasteiger partial charge < -0.3 is 4.57 Å². The number of anilines is 1. The van der Waals surface area contributed by atoms with E-state index >= 15 is 0 Å². The molecule has 1 aliphatic rings. The zero-order valence-corrected chi connectivity index (χ0v) is 22.7. The van der Waals surface area contributed by atoms with E-state index in [2.05, 4.69) is 5.32 Å². The molecule has 4 aromatic rings. The number of hydrogen-bond acceptors (Lipinski definition) is 6. The molecule has 0 spiro atoms. The maximum Gasteiger partial charge on any atom is 0.335 e. The molecule has 3 aromatic carbocycles. The molecule has 0 aliphatic carbocycles. The van der Waals surface area contributed by atoms with Crippen LogP contribution < -0.4 is 10.2 Å². The number of imide groups is 2. The Bertz CT molecular complexity index is 1690. The maximum atomic E-state index is 13.3. The topological polar surface area (TPSA) is 115 Å². The van der Waals surface area contributed by atoms with Crippen LogP contribution in [-0.4, -0.2) is 27.3 Å². The monoisotopic (exact) mass is 552 g/mol. The minimum Gasteiger partial charge on any atom is -0.318 e. The summed E-state index contributed by atoms with van der Waals surface area (Å²) in [7, 11) is 0. The average Bonchev–Trinajstić information content (AvgIpc) is 3.20. The standard InChI is InChI=1S/C30H24N4O5S/c1-18-4-6-23(7-5-18)33-29(36)27(28(35)31-30(33)37)17-21-16-19(2)32(20(21)3)22-8-12-25(13-9-22)40-26-14-10-24(11-15-26)34(38)39/h4-17H,1-3H3,(H,31,35,37)/b27-17+. The molecule has 1 saturated heterocycles. The second-order valence-electron chi connectivity index (χ2n) is 9.30. The van der Waals surface area contributed by atoms with Crippen molar-refractivity contribution in [1.82, 2.24) is 9.88 Å². The Kier molecular flexibility index (Phi) is 7.10. The summed E-state index contributed by atoms with van der Waals surface area (Å²) >= 11 is 1.49. The fourth-order valence-electron chi connectivity index (χ4n) is 4.51. The third kappa shape index (κ3) is 5.16. The maximum absolute atomic E-state index is 13.3. The lowest BCUT2D eigenvalue weighted by atomic mass is 10.1. The van der Waals surface area contributed by atoms with Crippen LogP contribution in [0.15, 0.2) is 94.2 Å².